The van der Waals surface area contributed by atoms with E-state index >= 15 is 0 Å². The second-order valence-corrected chi connectivity index (χ2v) is 4.04. The van der Waals surface area contributed by atoms with Crippen molar-refractivity contribution in [3.05, 3.63) is 47.7 Å². The van der Waals surface area contributed by atoms with E-state index < -0.39 is 0 Å². The maximum Gasteiger partial charge on any atom is 0.132 e. The van der Waals surface area contributed by atoms with Gasteiger partial charge in [-0.15, -0.1) is 0 Å². The molecule has 0 spiro atoms. The minimum atomic E-state index is 0.294. The van der Waals surface area contributed by atoms with E-state index in [-0.39, 0.29) is 0 Å². The van der Waals surface area contributed by atoms with Crippen LogP contribution in [0.25, 0.3) is 0 Å². The van der Waals surface area contributed by atoms with Gasteiger partial charge in [0.1, 0.15) is 5.84 Å². The molecule has 0 radical (unpaired) electrons. The molecule has 0 bridgehead atoms. The fraction of sp³-hybridized carbons (Fsp3) is 0.357. The fourth-order valence-corrected chi connectivity index (χ4v) is 1.67. The zero-order valence-corrected chi connectivity index (χ0v) is 10.5. The van der Waals surface area contributed by atoms with Crippen molar-refractivity contribution in [2.24, 2.45) is 4.99 Å². The average Bonchev–Trinajstić information content (AvgIpc) is 2.66. The predicted octanol–water partition coefficient (Wildman–Crippen LogP) is 3.36. The standard InChI is InChI=1S/C14H20N2/c1-6-12(7-2)11(5)13-8-9-15-14(13)16-10(3)4/h6-10H,1H2,2-5H3,(H,15,16)/b12-7+,13-11+. The van der Waals surface area contributed by atoms with Crippen LogP contribution in [0, 0.1) is 0 Å². The molecule has 0 aromatic heterocycles. The number of amidine groups is 1. The molecule has 0 saturated heterocycles. The summed E-state index contributed by atoms with van der Waals surface area (Å²) in [5.74, 6) is 0.953. The average molecular weight is 216 g/mol. The van der Waals surface area contributed by atoms with Crippen LogP contribution in [0.2, 0.25) is 0 Å². The summed E-state index contributed by atoms with van der Waals surface area (Å²) in [5.41, 5.74) is 3.51. The summed E-state index contributed by atoms with van der Waals surface area (Å²) in [4.78, 5) is 4.55. The Morgan fingerprint density at radius 3 is 2.69 bits per heavy atom. The molecule has 0 amide bonds. The van der Waals surface area contributed by atoms with Crippen molar-refractivity contribution in [2.45, 2.75) is 33.7 Å². The predicted molar refractivity (Wildman–Crippen MR) is 71.5 cm³/mol. The molecule has 16 heavy (non-hydrogen) atoms. The summed E-state index contributed by atoms with van der Waals surface area (Å²) in [6.07, 6.45) is 7.93. The highest BCUT2D eigenvalue weighted by Gasteiger charge is 2.13. The van der Waals surface area contributed by atoms with Gasteiger partial charge >= 0.3 is 0 Å². The number of hydrogen-bond acceptors (Lipinski definition) is 1. The van der Waals surface area contributed by atoms with E-state index in [9.17, 15) is 0 Å². The Hall–Kier alpha value is -1.57. The third-order valence-corrected chi connectivity index (χ3v) is 2.48. The van der Waals surface area contributed by atoms with Crippen molar-refractivity contribution in [1.29, 1.82) is 0 Å². The maximum atomic E-state index is 4.55. The van der Waals surface area contributed by atoms with E-state index in [0.29, 0.717) is 6.04 Å². The summed E-state index contributed by atoms with van der Waals surface area (Å²) >= 11 is 0. The Morgan fingerprint density at radius 1 is 1.50 bits per heavy atom. The molecule has 2 nitrogen and oxygen atoms in total. The number of nitrogens with zero attached hydrogens (tertiary/aromatic N) is 1. The first kappa shape index (κ1) is 12.5. The van der Waals surface area contributed by atoms with Gasteiger partial charge < -0.3 is 5.32 Å². The van der Waals surface area contributed by atoms with Crippen molar-refractivity contribution in [3.63, 3.8) is 0 Å². The largest absolute Gasteiger partial charge is 0.346 e. The van der Waals surface area contributed by atoms with Gasteiger partial charge in [0.25, 0.3) is 0 Å². The molecule has 0 unspecified atom stereocenters. The lowest BCUT2D eigenvalue weighted by molar-refractivity contribution is 0.830. The normalized spacial score (nSPS) is 21.6. The van der Waals surface area contributed by atoms with Crippen molar-refractivity contribution in [2.75, 3.05) is 0 Å². The Labute approximate surface area is 98.2 Å². The van der Waals surface area contributed by atoms with Gasteiger partial charge in [-0.25, -0.2) is 0 Å². The van der Waals surface area contributed by atoms with Crippen LogP contribution in [-0.2, 0) is 0 Å². The first-order valence-corrected chi connectivity index (χ1v) is 5.61. The van der Waals surface area contributed by atoms with Gasteiger partial charge in [0.2, 0.25) is 0 Å². The van der Waals surface area contributed by atoms with Crippen molar-refractivity contribution >= 4 is 5.84 Å². The quantitative estimate of drug-likeness (QED) is 0.719. The number of nitrogens with one attached hydrogen (secondary N) is 1. The molecule has 1 rings (SSSR count). The number of allylic oxidation sites excluding steroid dienone is 4. The molecule has 0 aromatic carbocycles. The summed E-state index contributed by atoms with van der Waals surface area (Å²) in [6, 6.07) is 0.294. The van der Waals surface area contributed by atoms with Crippen LogP contribution in [0.1, 0.15) is 27.7 Å². The summed E-state index contributed by atoms with van der Waals surface area (Å²) < 4.78 is 0. The highest BCUT2D eigenvalue weighted by atomic mass is 15.0. The minimum absolute atomic E-state index is 0.294. The Morgan fingerprint density at radius 2 is 2.19 bits per heavy atom. The topological polar surface area (TPSA) is 24.4 Å². The van der Waals surface area contributed by atoms with Gasteiger partial charge in [-0.05, 0) is 44.9 Å². The van der Waals surface area contributed by atoms with Crippen LogP contribution in [0.3, 0.4) is 0 Å². The molecule has 1 N–H and O–H groups in total. The van der Waals surface area contributed by atoms with Gasteiger partial charge in [-0.3, -0.25) is 4.99 Å². The molecule has 0 atom stereocenters. The molecular weight excluding hydrogens is 196 g/mol. The second-order valence-electron chi connectivity index (χ2n) is 4.04. The first-order chi connectivity index (χ1) is 7.60. The van der Waals surface area contributed by atoms with Gasteiger partial charge in [0.15, 0.2) is 0 Å². The van der Waals surface area contributed by atoms with Gasteiger partial charge in [-0.1, -0.05) is 18.7 Å². The lowest BCUT2D eigenvalue weighted by atomic mass is 10.0. The highest BCUT2D eigenvalue weighted by molar-refractivity contribution is 6.05. The molecule has 0 aromatic rings. The Kier molecular flexibility index (Phi) is 4.29. The summed E-state index contributed by atoms with van der Waals surface area (Å²) in [7, 11) is 0. The number of rotatable bonds is 3. The lowest BCUT2D eigenvalue weighted by Gasteiger charge is -2.09. The molecule has 2 heteroatoms. The molecule has 1 aliphatic heterocycles. The van der Waals surface area contributed by atoms with Crippen molar-refractivity contribution in [1.82, 2.24) is 5.32 Å². The Bertz CT molecular complexity index is 393. The summed E-state index contributed by atoms with van der Waals surface area (Å²) in [6.45, 7) is 12.1. The van der Waals surface area contributed by atoms with Crippen LogP contribution >= 0.6 is 0 Å². The monoisotopic (exact) mass is 216 g/mol. The molecule has 0 aliphatic carbocycles. The SMILES string of the molecule is C=CC(=C\C)/C(C)=C1\C=CNC1=NC(C)C. The summed E-state index contributed by atoms with van der Waals surface area (Å²) in [5, 5.41) is 3.17. The van der Waals surface area contributed by atoms with Crippen LogP contribution in [0.4, 0.5) is 0 Å². The second kappa shape index (κ2) is 5.50. The van der Waals surface area contributed by atoms with Crippen molar-refractivity contribution < 1.29 is 0 Å². The van der Waals surface area contributed by atoms with Crippen molar-refractivity contribution in [3.8, 4) is 0 Å². The smallest absolute Gasteiger partial charge is 0.132 e. The fourth-order valence-electron chi connectivity index (χ4n) is 1.67. The lowest BCUT2D eigenvalue weighted by Crippen LogP contribution is -2.16. The molecule has 0 fully saturated rings. The van der Waals surface area contributed by atoms with Gasteiger partial charge in [-0.2, -0.15) is 0 Å². The molecule has 86 valence electrons. The van der Waals surface area contributed by atoms with E-state index in [0.717, 1.165) is 17.0 Å². The third-order valence-electron chi connectivity index (χ3n) is 2.48. The van der Waals surface area contributed by atoms with Crippen LogP contribution in [0.15, 0.2) is 52.7 Å². The number of aliphatic imine (C=N–C) groups is 1. The first-order valence-electron chi connectivity index (χ1n) is 5.61. The van der Waals surface area contributed by atoms with E-state index in [4.69, 9.17) is 0 Å². The van der Waals surface area contributed by atoms with Crippen LogP contribution in [-0.4, -0.2) is 11.9 Å². The zero-order valence-electron chi connectivity index (χ0n) is 10.5. The third kappa shape index (κ3) is 2.72. The van der Waals surface area contributed by atoms with E-state index in [1.54, 1.807) is 0 Å². The zero-order chi connectivity index (χ0) is 12.1. The minimum Gasteiger partial charge on any atom is -0.346 e. The maximum absolute atomic E-state index is 4.55. The molecule has 1 aliphatic rings. The van der Waals surface area contributed by atoms with Gasteiger partial charge in [0, 0.05) is 17.8 Å². The van der Waals surface area contributed by atoms with E-state index in [1.165, 1.54) is 5.57 Å². The van der Waals surface area contributed by atoms with E-state index in [2.05, 4.69) is 49.8 Å². The highest BCUT2D eigenvalue weighted by Crippen LogP contribution is 2.20. The van der Waals surface area contributed by atoms with Crippen LogP contribution in [0.5, 0.6) is 0 Å². The molecule has 0 saturated carbocycles. The Balaban J connectivity index is 3.15. The van der Waals surface area contributed by atoms with Crippen LogP contribution < -0.4 is 5.32 Å². The van der Waals surface area contributed by atoms with E-state index in [1.807, 2.05) is 19.2 Å². The molecule has 1 heterocycles. The molecular formula is C14H20N2. The number of hydrogen-bond donors (Lipinski definition) is 1. The van der Waals surface area contributed by atoms with Gasteiger partial charge in [0.05, 0.1) is 0 Å².